The number of anilines is 1. The molecule has 5 nitrogen and oxygen atoms in total. The molecule has 0 aliphatic carbocycles. The van der Waals surface area contributed by atoms with E-state index in [1.54, 1.807) is 32.0 Å². The number of allylic oxidation sites excluding steroid dienone is 1. The number of carbonyl (C=O) groups is 1. The van der Waals surface area contributed by atoms with Crippen molar-refractivity contribution in [2.75, 3.05) is 4.90 Å². The third kappa shape index (κ3) is 4.22. The number of hydrogen-bond donors (Lipinski definition) is 0. The Morgan fingerprint density at radius 1 is 1.23 bits per heavy atom. The number of amides is 1. The molecule has 1 aliphatic rings. The van der Waals surface area contributed by atoms with Gasteiger partial charge in [0.1, 0.15) is 11.4 Å². The quantitative estimate of drug-likeness (QED) is 0.472. The van der Waals surface area contributed by atoms with Crippen LogP contribution in [0, 0.1) is 0 Å². The van der Waals surface area contributed by atoms with E-state index < -0.39 is 16.6 Å². The zero-order valence-corrected chi connectivity index (χ0v) is 20.1. The second-order valence-corrected chi connectivity index (χ2v) is 9.63. The Hall–Kier alpha value is -1.64. The highest BCUT2D eigenvalue weighted by Gasteiger charge is 2.53. The molecule has 0 bridgehead atoms. The van der Waals surface area contributed by atoms with Crippen molar-refractivity contribution in [1.29, 1.82) is 0 Å². The molecule has 1 aliphatic heterocycles. The molecule has 158 valence electrons. The summed E-state index contributed by atoms with van der Waals surface area (Å²) in [6.07, 6.45) is 1.70. The highest BCUT2D eigenvalue weighted by atomic mass is 79.9. The Balaban J connectivity index is 2.16. The summed E-state index contributed by atoms with van der Waals surface area (Å²) in [5.74, 6) is -0.131. The van der Waals surface area contributed by atoms with E-state index in [2.05, 4.69) is 22.5 Å². The minimum atomic E-state index is -2.58. The largest absolute Gasteiger partial charge is 0.767 e. The number of hydrogen-bond acceptors (Lipinski definition) is 4. The van der Waals surface area contributed by atoms with Crippen LogP contribution in [-0.4, -0.2) is 25.1 Å². The van der Waals surface area contributed by atoms with Crippen LogP contribution in [0.5, 0.6) is 0 Å². The van der Waals surface area contributed by atoms with Gasteiger partial charge in [-0.2, -0.15) is 0 Å². The maximum atomic E-state index is 13.7. The molecule has 1 fully saturated rings. The fourth-order valence-corrected chi connectivity index (χ4v) is 5.03. The Morgan fingerprint density at radius 2 is 1.80 bits per heavy atom. The summed E-state index contributed by atoms with van der Waals surface area (Å²) in [7, 11) is 0. The normalized spacial score (nSPS) is 20.8. The fraction of sp³-hybridized carbons (Fsp3) is 0.190. The van der Waals surface area contributed by atoms with Gasteiger partial charge in [0.15, 0.2) is 0 Å². The minimum absolute atomic E-state index is 0.0383. The molecule has 0 radical (unpaired) electrons. The van der Waals surface area contributed by atoms with Gasteiger partial charge < -0.3 is 9.45 Å². The zero-order chi connectivity index (χ0) is 22.2. The first-order valence-electron chi connectivity index (χ1n) is 8.88. The molecule has 1 unspecified atom stereocenters. The molecular weight excluding hydrogens is 511 g/mol. The highest BCUT2D eigenvalue weighted by molar-refractivity contribution is 9.10. The molecular formula is C21H18BrCl2N2O3S-. The third-order valence-electron chi connectivity index (χ3n) is 4.88. The lowest BCUT2D eigenvalue weighted by atomic mass is 9.91. The van der Waals surface area contributed by atoms with Gasteiger partial charge in [0.2, 0.25) is 0 Å². The Labute approximate surface area is 196 Å². The third-order valence-corrected chi connectivity index (χ3v) is 6.60. The summed E-state index contributed by atoms with van der Waals surface area (Å²) in [4.78, 5) is 16.5. The molecule has 0 spiro atoms. The van der Waals surface area contributed by atoms with Crippen molar-refractivity contribution in [3.63, 3.8) is 0 Å². The molecule has 9 heteroatoms. The number of nitrogens with zero attached hydrogens (tertiary/aromatic N) is 2. The van der Waals surface area contributed by atoms with Crippen molar-refractivity contribution in [3.8, 4) is 0 Å². The molecule has 30 heavy (non-hydrogen) atoms. The van der Waals surface area contributed by atoms with E-state index in [1.165, 1.54) is 15.9 Å². The van der Waals surface area contributed by atoms with Gasteiger partial charge >= 0.3 is 0 Å². The van der Waals surface area contributed by atoms with Gasteiger partial charge in [-0.3, -0.25) is 13.9 Å². The summed E-state index contributed by atoms with van der Waals surface area (Å²) >= 11 is 13.1. The van der Waals surface area contributed by atoms with Crippen LogP contribution in [0.2, 0.25) is 10.0 Å². The predicted molar refractivity (Wildman–Crippen MR) is 124 cm³/mol. The van der Waals surface area contributed by atoms with Crippen LogP contribution in [-0.2, 0) is 22.3 Å². The Bertz CT molecular complexity index is 1050. The van der Waals surface area contributed by atoms with Crippen molar-refractivity contribution in [2.24, 2.45) is 0 Å². The topological polar surface area (TPSA) is 63.7 Å². The van der Waals surface area contributed by atoms with Gasteiger partial charge in [-0.25, -0.2) is 0 Å². The standard InChI is InChI=1S/C21H19BrCl2N2O3S/c1-4-19(30(28)29)26-13(2)25(18-10-16(23)9-17(24)11-18)20(27)21(26,3)12-14-5-7-15(22)8-6-14/h4-11H,2,12H2,1,3H3,(H,28,29)/p-1/b19-4+/t21-/m1/s1. The fourth-order valence-electron chi connectivity index (χ4n) is 3.60. The average Bonchev–Trinajstić information content (AvgIpc) is 2.84. The van der Waals surface area contributed by atoms with E-state index in [1.807, 2.05) is 24.3 Å². The van der Waals surface area contributed by atoms with E-state index in [0.29, 0.717) is 15.7 Å². The summed E-state index contributed by atoms with van der Waals surface area (Å²) in [5, 5.41) is 0.665. The van der Waals surface area contributed by atoms with Gasteiger partial charge in [0.05, 0.1) is 10.7 Å². The summed E-state index contributed by atoms with van der Waals surface area (Å²) < 4.78 is 24.9. The molecule has 2 aromatic rings. The second kappa shape index (κ2) is 8.85. The predicted octanol–water partition coefficient (Wildman–Crippen LogP) is 5.62. The second-order valence-electron chi connectivity index (χ2n) is 6.96. The van der Waals surface area contributed by atoms with Crippen molar-refractivity contribution in [2.45, 2.75) is 25.8 Å². The molecule has 2 aromatic carbocycles. The van der Waals surface area contributed by atoms with Crippen molar-refractivity contribution >= 4 is 61.8 Å². The first kappa shape index (κ1) is 23.0. The minimum Gasteiger partial charge on any atom is -0.767 e. The van der Waals surface area contributed by atoms with E-state index in [-0.39, 0.29) is 23.2 Å². The SMILES string of the molecule is C=C1N(c2cc(Cl)cc(Cl)c2)C(=O)[C@@](C)(Cc2ccc(Br)cc2)N1/C(=C\C)S(=O)[O-]. The number of rotatable bonds is 5. The number of benzene rings is 2. The molecule has 1 amide bonds. The zero-order valence-electron chi connectivity index (χ0n) is 16.2. The van der Waals surface area contributed by atoms with Gasteiger partial charge in [0.25, 0.3) is 5.91 Å². The molecule has 0 N–H and O–H groups in total. The molecule has 1 saturated heterocycles. The van der Waals surface area contributed by atoms with E-state index in [9.17, 15) is 13.6 Å². The maximum absolute atomic E-state index is 13.7. The van der Waals surface area contributed by atoms with Crippen LogP contribution in [0.25, 0.3) is 0 Å². The highest BCUT2D eigenvalue weighted by Crippen LogP contribution is 2.43. The van der Waals surface area contributed by atoms with Crippen molar-refractivity contribution in [1.82, 2.24) is 4.90 Å². The lowest BCUT2D eigenvalue weighted by molar-refractivity contribution is -0.123. The first-order chi connectivity index (χ1) is 14.1. The smallest absolute Gasteiger partial charge is 0.259 e. The molecule has 3 rings (SSSR count). The van der Waals surface area contributed by atoms with E-state index in [4.69, 9.17) is 23.2 Å². The van der Waals surface area contributed by atoms with E-state index in [0.717, 1.165) is 10.0 Å². The molecule has 1 heterocycles. The van der Waals surface area contributed by atoms with Crippen LogP contribution >= 0.6 is 39.1 Å². The Morgan fingerprint density at radius 3 is 2.30 bits per heavy atom. The van der Waals surface area contributed by atoms with E-state index >= 15 is 0 Å². The molecule has 0 aromatic heterocycles. The average molecular weight is 529 g/mol. The monoisotopic (exact) mass is 527 g/mol. The maximum Gasteiger partial charge on any atom is 0.259 e. The number of carbonyl (C=O) groups excluding carboxylic acids is 1. The van der Waals surface area contributed by atoms with Gasteiger partial charge in [-0.15, -0.1) is 0 Å². The lowest BCUT2D eigenvalue weighted by Crippen LogP contribution is -2.48. The Kier molecular flexibility index (Phi) is 6.79. The van der Waals surface area contributed by atoms with Crippen LogP contribution in [0.4, 0.5) is 5.69 Å². The van der Waals surface area contributed by atoms with Crippen LogP contribution in [0.15, 0.2) is 70.4 Å². The van der Waals surface area contributed by atoms with Crippen LogP contribution in [0.3, 0.4) is 0 Å². The summed E-state index contributed by atoms with van der Waals surface area (Å²) in [5.41, 5.74) is 0.0471. The van der Waals surface area contributed by atoms with Gasteiger partial charge in [-0.05, 0) is 60.8 Å². The van der Waals surface area contributed by atoms with Crippen molar-refractivity contribution in [3.05, 3.63) is 86.1 Å². The molecule has 0 saturated carbocycles. The molecule has 2 atom stereocenters. The van der Waals surface area contributed by atoms with Crippen LogP contribution in [0.1, 0.15) is 19.4 Å². The lowest BCUT2D eigenvalue weighted by Gasteiger charge is -2.36. The van der Waals surface area contributed by atoms with Gasteiger partial charge in [0, 0.05) is 20.9 Å². The van der Waals surface area contributed by atoms with Crippen molar-refractivity contribution < 1.29 is 13.6 Å². The van der Waals surface area contributed by atoms with Gasteiger partial charge in [-0.1, -0.05) is 63.9 Å². The first-order valence-corrected chi connectivity index (χ1v) is 11.5. The number of halogens is 3. The summed E-state index contributed by atoms with van der Waals surface area (Å²) in [6, 6.07) is 12.2. The summed E-state index contributed by atoms with van der Waals surface area (Å²) in [6.45, 7) is 7.33. The van der Waals surface area contributed by atoms with Crippen LogP contribution < -0.4 is 4.90 Å².